The zero-order chi connectivity index (χ0) is 13.2. The minimum Gasteiger partial charge on any atom is -0.396 e. The number of nitrogens with two attached hydrogens (primary N) is 1. The van der Waals surface area contributed by atoms with Crippen molar-refractivity contribution in [3.63, 3.8) is 0 Å². The number of aryl methyl sites for hydroxylation is 1. The molecule has 0 spiro atoms. The molecule has 0 atom stereocenters. The number of nitrogens with zero attached hydrogens (tertiary/aromatic N) is 2. The van der Waals surface area contributed by atoms with Crippen LogP contribution in [0, 0.1) is 6.92 Å². The molecule has 0 radical (unpaired) electrons. The standard InChI is InChI=1S/C15H14N4/c1-10-7-13(16)15(18-8-10)19-14-4-2-3-11-5-6-17-9-12(11)14/h2-9H,16H2,1H3,(H,18,19). The van der Waals surface area contributed by atoms with Crippen LogP contribution in [0.4, 0.5) is 17.2 Å². The van der Waals surface area contributed by atoms with Crippen molar-refractivity contribution in [3.05, 3.63) is 54.5 Å². The molecule has 3 rings (SSSR count). The lowest BCUT2D eigenvalue weighted by atomic mass is 10.1. The van der Waals surface area contributed by atoms with E-state index in [1.165, 1.54) is 0 Å². The molecule has 2 aromatic heterocycles. The minimum absolute atomic E-state index is 0.640. The third-order valence-electron chi connectivity index (χ3n) is 2.99. The topological polar surface area (TPSA) is 63.8 Å². The highest BCUT2D eigenvalue weighted by atomic mass is 15.0. The Hall–Kier alpha value is -2.62. The second-order valence-corrected chi connectivity index (χ2v) is 4.48. The van der Waals surface area contributed by atoms with E-state index in [9.17, 15) is 0 Å². The maximum Gasteiger partial charge on any atom is 0.153 e. The van der Waals surface area contributed by atoms with E-state index in [1.807, 2.05) is 43.5 Å². The van der Waals surface area contributed by atoms with Gasteiger partial charge in [-0.25, -0.2) is 4.98 Å². The average Bonchev–Trinajstić information content (AvgIpc) is 2.42. The van der Waals surface area contributed by atoms with Gasteiger partial charge in [0.15, 0.2) is 5.82 Å². The van der Waals surface area contributed by atoms with Gasteiger partial charge in [0.25, 0.3) is 0 Å². The molecule has 0 aliphatic carbocycles. The molecule has 0 saturated carbocycles. The van der Waals surface area contributed by atoms with Crippen molar-refractivity contribution in [2.24, 2.45) is 0 Å². The van der Waals surface area contributed by atoms with Gasteiger partial charge in [0.2, 0.25) is 0 Å². The van der Waals surface area contributed by atoms with Gasteiger partial charge in [0.05, 0.1) is 5.69 Å². The lowest BCUT2D eigenvalue weighted by molar-refractivity contribution is 1.26. The van der Waals surface area contributed by atoms with Gasteiger partial charge in [0.1, 0.15) is 0 Å². The zero-order valence-corrected chi connectivity index (χ0v) is 10.6. The van der Waals surface area contributed by atoms with Crippen LogP contribution in [0.15, 0.2) is 48.9 Å². The van der Waals surface area contributed by atoms with Gasteiger partial charge in [-0.05, 0) is 36.1 Å². The van der Waals surface area contributed by atoms with E-state index >= 15 is 0 Å². The molecule has 0 amide bonds. The van der Waals surface area contributed by atoms with Crippen molar-refractivity contribution in [2.75, 3.05) is 11.1 Å². The lowest BCUT2D eigenvalue weighted by Gasteiger charge is -2.11. The predicted molar refractivity (Wildman–Crippen MR) is 78.4 cm³/mol. The number of hydrogen-bond donors (Lipinski definition) is 2. The summed E-state index contributed by atoms with van der Waals surface area (Å²) in [5.41, 5.74) is 8.61. The van der Waals surface area contributed by atoms with E-state index in [1.54, 1.807) is 12.4 Å². The molecular formula is C15H14N4. The quantitative estimate of drug-likeness (QED) is 0.732. The van der Waals surface area contributed by atoms with Crippen LogP contribution in [0.3, 0.4) is 0 Å². The van der Waals surface area contributed by atoms with E-state index < -0.39 is 0 Å². The number of pyridine rings is 2. The summed E-state index contributed by atoms with van der Waals surface area (Å²) in [5, 5.41) is 5.44. The summed E-state index contributed by atoms with van der Waals surface area (Å²) in [4.78, 5) is 8.48. The fraction of sp³-hybridized carbons (Fsp3) is 0.0667. The minimum atomic E-state index is 0.640. The first kappa shape index (κ1) is 11.5. The van der Waals surface area contributed by atoms with Crippen LogP contribution >= 0.6 is 0 Å². The Morgan fingerprint density at radius 3 is 2.89 bits per heavy atom. The number of nitrogen functional groups attached to an aromatic ring is 1. The molecule has 1 aromatic carbocycles. The molecule has 3 N–H and O–H groups in total. The predicted octanol–water partition coefficient (Wildman–Crippen LogP) is 3.26. The Morgan fingerprint density at radius 1 is 1.16 bits per heavy atom. The van der Waals surface area contributed by atoms with E-state index in [-0.39, 0.29) is 0 Å². The number of rotatable bonds is 2. The van der Waals surface area contributed by atoms with E-state index in [2.05, 4.69) is 15.3 Å². The Kier molecular flexibility index (Phi) is 2.76. The molecular weight excluding hydrogens is 236 g/mol. The Balaban J connectivity index is 2.06. The van der Waals surface area contributed by atoms with Crippen LogP contribution in [0.2, 0.25) is 0 Å². The van der Waals surface area contributed by atoms with Crippen molar-refractivity contribution < 1.29 is 0 Å². The van der Waals surface area contributed by atoms with Crippen LogP contribution in [0.25, 0.3) is 10.8 Å². The van der Waals surface area contributed by atoms with Crippen molar-refractivity contribution in [1.29, 1.82) is 0 Å². The number of hydrogen-bond acceptors (Lipinski definition) is 4. The summed E-state index contributed by atoms with van der Waals surface area (Å²) in [6, 6.07) is 9.92. The van der Waals surface area contributed by atoms with Crippen LogP contribution in [0.1, 0.15) is 5.56 Å². The molecule has 0 aliphatic heterocycles. The summed E-state index contributed by atoms with van der Waals surface area (Å²) in [5.74, 6) is 0.668. The zero-order valence-electron chi connectivity index (χ0n) is 10.6. The van der Waals surface area contributed by atoms with Crippen molar-refractivity contribution >= 4 is 28.0 Å². The number of anilines is 3. The lowest BCUT2D eigenvalue weighted by Crippen LogP contribution is -2.00. The van der Waals surface area contributed by atoms with Gasteiger partial charge >= 0.3 is 0 Å². The first-order chi connectivity index (χ1) is 9.24. The highest BCUT2D eigenvalue weighted by molar-refractivity contribution is 5.95. The van der Waals surface area contributed by atoms with Crippen LogP contribution in [-0.2, 0) is 0 Å². The van der Waals surface area contributed by atoms with Crippen LogP contribution in [0.5, 0.6) is 0 Å². The maximum atomic E-state index is 5.97. The fourth-order valence-corrected chi connectivity index (χ4v) is 2.05. The third-order valence-corrected chi connectivity index (χ3v) is 2.99. The highest BCUT2D eigenvalue weighted by Crippen LogP contribution is 2.27. The first-order valence-electron chi connectivity index (χ1n) is 6.06. The average molecular weight is 250 g/mol. The molecule has 0 bridgehead atoms. The summed E-state index contributed by atoms with van der Waals surface area (Å²) >= 11 is 0. The second kappa shape index (κ2) is 4.57. The number of aromatic nitrogens is 2. The Morgan fingerprint density at radius 2 is 2.05 bits per heavy atom. The summed E-state index contributed by atoms with van der Waals surface area (Å²) in [6.07, 6.45) is 5.41. The molecule has 19 heavy (non-hydrogen) atoms. The summed E-state index contributed by atoms with van der Waals surface area (Å²) in [7, 11) is 0. The molecule has 0 unspecified atom stereocenters. The van der Waals surface area contributed by atoms with Gasteiger partial charge in [-0.1, -0.05) is 12.1 Å². The van der Waals surface area contributed by atoms with Crippen molar-refractivity contribution in [1.82, 2.24) is 9.97 Å². The number of fused-ring (bicyclic) bond motifs is 1. The molecule has 0 fully saturated rings. The van der Waals surface area contributed by atoms with Gasteiger partial charge in [0, 0.05) is 29.7 Å². The van der Waals surface area contributed by atoms with Crippen molar-refractivity contribution in [3.8, 4) is 0 Å². The molecule has 94 valence electrons. The van der Waals surface area contributed by atoms with Gasteiger partial charge < -0.3 is 11.1 Å². The largest absolute Gasteiger partial charge is 0.396 e. The van der Waals surface area contributed by atoms with Gasteiger partial charge in [-0.2, -0.15) is 0 Å². The first-order valence-corrected chi connectivity index (χ1v) is 6.06. The maximum absolute atomic E-state index is 5.97. The summed E-state index contributed by atoms with van der Waals surface area (Å²) in [6.45, 7) is 1.97. The van der Waals surface area contributed by atoms with E-state index in [0.29, 0.717) is 11.5 Å². The molecule has 4 nitrogen and oxygen atoms in total. The molecule has 4 heteroatoms. The Bertz CT molecular complexity index is 732. The SMILES string of the molecule is Cc1cnc(Nc2cccc3ccncc23)c(N)c1. The molecule has 2 heterocycles. The molecule has 0 saturated heterocycles. The van der Waals surface area contributed by atoms with Gasteiger partial charge in [-0.3, -0.25) is 4.98 Å². The van der Waals surface area contributed by atoms with E-state index in [4.69, 9.17) is 5.73 Å². The smallest absolute Gasteiger partial charge is 0.153 e. The normalized spacial score (nSPS) is 10.6. The second-order valence-electron chi connectivity index (χ2n) is 4.48. The molecule has 0 aliphatic rings. The molecule has 3 aromatic rings. The highest BCUT2D eigenvalue weighted by Gasteiger charge is 2.05. The Labute approximate surface area is 111 Å². The number of benzene rings is 1. The van der Waals surface area contributed by atoms with Crippen LogP contribution < -0.4 is 11.1 Å². The fourth-order valence-electron chi connectivity index (χ4n) is 2.05. The van der Waals surface area contributed by atoms with Gasteiger partial charge in [-0.15, -0.1) is 0 Å². The number of nitrogens with one attached hydrogen (secondary N) is 1. The summed E-state index contributed by atoms with van der Waals surface area (Å²) < 4.78 is 0. The monoisotopic (exact) mass is 250 g/mol. The third kappa shape index (κ3) is 2.20. The van der Waals surface area contributed by atoms with E-state index in [0.717, 1.165) is 22.0 Å². The van der Waals surface area contributed by atoms with Crippen molar-refractivity contribution in [2.45, 2.75) is 6.92 Å². The van der Waals surface area contributed by atoms with Crippen LogP contribution in [-0.4, -0.2) is 9.97 Å².